The Bertz CT molecular complexity index is 1690. The molecule has 0 saturated carbocycles. The summed E-state index contributed by atoms with van der Waals surface area (Å²) < 4.78 is 52.1. The molecule has 3 rings (SSSR count). The molecule has 0 heterocycles. The zero-order valence-corrected chi connectivity index (χ0v) is 52.6. The number of benzene rings is 3. The topological polar surface area (TPSA) is 180 Å². The van der Waals surface area contributed by atoms with Gasteiger partial charge in [0.1, 0.15) is 51.3 Å². The van der Waals surface area contributed by atoms with Gasteiger partial charge in [0.25, 0.3) is 0 Å². The van der Waals surface area contributed by atoms with Gasteiger partial charge >= 0.3 is 21.7 Å². The Morgan fingerprint density at radius 1 is 0.304 bits per heavy atom. The number of hydrogen-bond acceptors (Lipinski definition) is 15. The fraction of sp³-hybridized carbons (Fsp3) is 0.714. The number of unbranched alkanes of at least 4 members (excludes halogenated alkanes) is 9. The van der Waals surface area contributed by atoms with Crippen LogP contribution in [0.4, 0.5) is 0 Å². The van der Waals surface area contributed by atoms with Crippen LogP contribution in [0.1, 0.15) is 215 Å². The molecule has 0 bridgehead atoms. The average Bonchev–Trinajstić information content (AvgIpc) is 3.49. The normalized spacial score (nSPS) is 13.3. The maximum atomic E-state index is 11.6. The van der Waals surface area contributed by atoms with Crippen LogP contribution in [0.2, 0.25) is 0 Å². The molecule has 451 valence electrons. The van der Waals surface area contributed by atoms with Crippen molar-refractivity contribution < 1.29 is 94.8 Å². The molecule has 0 amide bonds. The monoisotopic (exact) mass is 1150 g/mol. The standard InChI is InChI=1S/3C21H36O5.Ti/c3*1-5-8-13-23-17-21(4,26-22)19-16-18(24-14-9-6-2)11-12-20(19)25-15-10-7-3;/h3*11-12,16,22H,5-10,13-15,17H2,1-4H3;/q;;;+3/p-3. The molecule has 1 radical (unpaired) electrons. The Hall–Kier alpha value is -3.19. The zero-order chi connectivity index (χ0) is 57.8. The minimum atomic E-state index is -1.13. The van der Waals surface area contributed by atoms with Gasteiger partial charge in [-0.2, -0.15) is 0 Å². The van der Waals surface area contributed by atoms with Gasteiger partial charge < -0.3 is 73.1 Å². The van der Waals surface area contributed by atoms with Crippen LogP contribution in [-0.4, -0.2) is 79.3 Å². The van der Waals surface area contributed by atoms with Gasteiger partial charge in [0.05, 0.1) is 59.5 Å². The molecular weight excluding hydrogens is 1040 g/mol. The van der Waals surface area contributed by atoms with Crippen LogP contribution in [0.3, 0.4) is 0 Å². The molecule has 0 aliphatic rings. The van der Waals surface area contributed by atoms with Gasteiger partial charge in [-0.1, -0.05) is 120 Å². The zero-order valence-electron chi connectivity index (χ0n) is 51.0. The van der Waals surface area contributed by atoms with Crippen molar-refractivity contribution in [3.8, 4) is 34.5 Å². The van der Waals surface area contributed by atoms with E-state index in [4.69, 9.17) is 42.6 Å². The summed E-state index contributed by atoms with van der Waals surface area (Å²) in [5.41, 5.74) is -1.35. The van der Waals surface area contributed by atoms with Gasteiger partial charge in [0.15, 0.2) is 0 Å². The summed E-state index contributed by atoms with van der Waals surface area (Å²) in [6, 6.07) is 16.7. The van der Waals surface area contributed by atoms with Crippen molar-refractivity contribution in [1.29, 1.82) is 0 Å². The number of hydrogen-bond donors (Lipinski definition) is 0. The summed E-state index contributed by atoms with van der Waals surface area (Å²) in [4.78, 5) is 13.9. The van der Waals surface area contributed by atoms with Crippen LogP contribution in [0, 0.1) is 0 Å². The van der Waals surface area contributed by atoms with Crippen LogP contribution in [0.15, 0.2) is 54.6 Å². The van der Waals surface area contributed by atoms with Gasteiger partial charge in [-0.3, -0.25) is 0 Å². The SMILES string of the molecule is CCCCOCC(C)(O[O-])c1cc(OCCCC)ccc1OCCCC.CCCCOCC(C)(O[O-])c1cc(OCCCC)ccc1OCCCC.CCCCOCC(C)(O[O-])c1cc(OCCCC)ccc1OCCCC.[Ti+3]. The van der Waals surface area contributed by atoms with Crippen LogP contribution < -0.4 is 44.2 Å². The molecule has 79 heavy (non-hydrogen) atoms. The first-order valence-corrected chi connectivity index (χ1v) is 29.7. The van der Waals surface area contributed by atoms with E-state index in [9.17, 15) is 15.8 Å². The molecule has 3 unspecified atom stereocenters. The minimum Gasteiger partial charge on any atom is -0.723 e. The number of ether oxygens (including phenoxy) is 9. The first-order valence-electron chi connectivity index (χ1n) is 29.7. The predicted octanol–water partition coefficient (Wildman–Crippen LogP) is 13.1. The van der Waals surface area contributed by atoms with Crippen LogP contribution in [0.5, 0.6) is 34.5 Å². The van der Waals surface area contributed by atoms with Crippen LogP contribution in [-0.2, 0) is 67.4 Å². The van der Waals surface area contributed by atoms with Crippen LogP contribution in [0.25, 0.3) is 0 Å². The first-order chi connectivity index (χ1) is 37.8. The van der Waals surface area contributed by atoms with E-state index in [0.29, 0.717) is 111 Å². The molecule has 0 fully saturated rings. The summed E-state index contributed by atoms with van der Waals surface area (Å²) in [7, 11) is 0. The first kappa shape index (κ1) is 75.8. The predicted molar refractivity (Wildman–Crippen MR) is 304 cm³/mol. The molecule has 0 N–H and O–H groups in total. The Morgan fingerprint density at radius 2 is 0.506 bits per heavy atom. The third-order valence-corrected chi connectivity index (χ3v) is 12.7. The Labute approximate surface area is 493 Å². The maximum absolute atomic E-state index is 11.6. The molecule has 0 saturated heterocycles. The van der Waals surface area contributed by atoms with Crippen molar-refractivity contribution in [1.82, 2.24) is 0 Å². The van der Waals surface area contributed by atoms with Gasteiger partial charge in [0.2, 0.25) is 0 Å². The van der Waals surface area contributed by atoms with Gasteiger partial charge in [-0.15, -0.1) is 0 Å². The van der Waals surface area contributed by atoms with E-state index in [2.05, 4.69) is 77.0 Å². The van der Waals surface area contributed by atoms with Crippen molar-refractivity contribution in [2.75, 3.05) is 79.3 Å². The second kappa shape index (κ2) is 47.3. The van der Waals surface area contributed by atoms with E-state index in [1.807, 2.05) is 54.6 Å². The largest absolute Gasteiger partial charge is 3.00 e. The molecule has 0 aromatic heterocycles. The summed E-state index contributed by atoms with van der Waals surface area (Å²) in [5.74, 6) is 4.10. The summed E-state index contributed by atoms with van der Waals surface area (Å²) >= 11 is 0. The third kappa shape index (κ3) is 30.6. The molecule has 3 aromatic rings. The summed E-state index contributed by atoms with van der Waals surface area (Å²) in [6.45, 7) is 30.3. The quantitative estimate of drug-likeness (QED) is 0.0225. The van der Waals surface area contributed by atoms with E-state index in [0.717, 1.165) is 116 Å². The van der Waals surface area contributed by atoms with Crippen LogP contribution >= 0.6 is 0 Å². The van der Waals surface area contributed by atoms with E-state index in [1.54, 1.807) is 20.8 Å². The molecule has 0 spiro atoms. The van der Waals surface area contributed by atoms with E-state index in [-0.39, 0.29) is 41.5 Å². The molecule has 3 atom stereocenters. The average molecular weight is 1150 g/mol. The van der Waals surface area contributed by atoms with E-state index >= 15 is 0 Å². The smallest absolute Gasteiger partial charge is 0.723 e. The third-order valence-electron chi connectivity index (χ3n) is 12.7. The van der Waals surface area contributed by atoms with Crippen molar-refractivity contribution in [2.45, 2.75) is 215 Å². The van der Waals surface area contributed by atoms with Gasteiger partial charge in [-0.05, 0) is 133 Å². The second-order valence-electron chi connectivity index (χ2n) is 20.3. The number of rotatable bonds is 45. The molecule has 3 aromatic carbocycles. The van der Waals surface area contributed by atoms with Crippen molar-refractivity contribution >= 4 is 0 Å². The molecule has 0 aliphatic carbocycles. The Kier molecular flexibility index (Phi) is 45.4. The van der Waals surface area contributed by atoms with Gasteiger partial charge in [0, 0.05) is 36.5 Å². The minimum absolute atomic E-state index is 0. The van der Waals surface area contributed by atoms with Crippen molar-refractivity contribution in [2.24, 2.45) is 0 Å². The fourth-order valence-electron chi connectivity index (χ4n) is 7.38. The molecule has 0 aliphatic heterocycles. The van der Waals surface area contributed by atoms with E-state index < -0.39 is 16.8 Å². The molecule has 16 heteroatoms. The van der Waals surface area contributed by atoms with Crippen molar-refractivity contribution in [3.05, 3.63) is 71.3 Å². The molecule has 15 nitrogen and oxygen atoms in total. The van der Waals surface area contributed by atoms with Crippen molar-refractivity contribution in [3.63, 3.8) is 0 Å². The summed E-state index contributed by atoms with van der Waals surface area (Å²) in [6.07, 6.45) is 18.1. The fourth-order valence-corrected chi connectivity index (χ4v) is 7.38. The second-order valence-corrected chi connectivity index (χ2v) is 20.3. The summed E-state index contributed by atoms with van der Waals surface area (Å²) in [5, 5.41) is 34.8. The van der Waals surface area contributed by atoms with Gasteiger partial charge in [-0.25, -0.2) is 0 Å². The maximum Gasteiger partial charge on any atom is 3.00 e. The Balaban J connectivity index is 0.00000115. The Morgan fingerprint density at radius 3 is 0.709 bits per heavy atom. The van der Waals surface area contributed by atoms with E-state index in [1.165, 1.54) is 0 Å². The molecular formula is C63H105O15Ti.